The fraction of sp³-hybridized carbons (Fsp3) is 0.100. The summed E-state index contributed by atoms with van der Waals surface area (Å²) in [6.45, 7) is 0. The molecule has 0 aliphatic heterocycles. The molecule has 1 aromatic carbocycles. The summed E-state index contributed by atoms with van der Waals surface area (Å²) >= 11 is 3.98. The van der Waals surface area contributed by atoms with Gasteiger partial charge < -0.3 is 4.98 Å². The van der Waals surface area contributed by atoms with Crippen LogP contribution in [-0.2, 0) is 6.42 Å². The molecule has 0 bridgehead atoms. The lowest BCUT2D eigenvalue weighted by molar-refractivity contribution is 1.33. The van der Waals surface area contributed by atoms with Crippen LogP contribution < -0.4 is 0 Å². The van der Waals surface area contributed by atoms with E-state index >= 15 is 0 Å². The van der Waals surface area contributed by atoms with Crippen LogP contribution in [0, 0.1) is 5.41 Å². The highest BCUT2D eigenvalue weighted by Gasteiger charge is 2.02. The maximum Gasteiger partial charge on any atom is 0.0655 e. The minimum atomic E-state index is 0. The van der Waals surface area contributed by atoms with Crippen molar-refractivity contribution in [2.45, 2.75) is 6.42 Å². The lowest BCUT2D eigenvalue weighted by atomic mass is 10.1. The van der Waals surface area contributed by atoms with Crippen molar-refractivity contribution in [3.05, 3.63) is 36.0 Å². The number of para-hydroxylation sites is 1. The molecular weight excluding hydrogens is 216 g/mol. The summed E-state index contributed by atoms with van der Waals surface area (Å²) in [5.41, 5.74) is 2.25. The Kier molecular flexibility index (Phi) is 3.61. The molecule has 2 aromatic rings. The fourth-order valence-electron chi connectivity index (χ4n) is 1.46. The second kappa shape index (κ2) is 4.53. The van der Waals surface area contributed by atoms with Crippen LogP contribution >= 0.6 is 25.0 Å². The van der Waals surface area contributed by atoms with E-state index in [2.05, 4.69) is 23.7 Å². The van der Waals surface area contributed by atoms with Crippen LogP contribution in [0.1, 0.15) is 5.56 Å². The Bertz CT molecular complexity index is 450. The van der Waals surface area contributed by atoms with E-state index in [1.165, 1.54) is 5.39 Å². The molecule has 0 saturated carbocycles. The van der Waals surface area contributed by atoms with Gasteiger partial charge in [-0.3, -0.25) is 5.41 Å². The van der Waals surface area contributed by atoms with Crippen molar-refractivity contribution < 1.29 is 0 Å². The van der Waals surface area contributed by atoms with E-state index in [4.69, 9.17) is 5.41 Å². The molecule has 0 spiro atoms. The topological polar surface area (TPSA) is 39.6 Å². The first-order valence-electron chi connectivity index (χ1n) is 4.09. The molecule has 0 unspecified atom stereocenters. The minimum Gasteiger partial charge on any atom is -0.361 e. The zero-order valence-electron chi connectivity index (χ0n) is 7.45. The SMILES string of the molecule is Cl.N=C(S)Cc1c[nH]c2ccccc12. The van der Waals surface area contributed by atoms with Gasteiger partial charge in [-0.05, 0) is 11.6 Å². The van der Waals surface area contributed by atoms with Crippen molar-refractivity contribution in [3.63, 3.8) is 0 Å². The third-order valence-corrected chi connectivity index (χ3v) is 2.19. The molecule has 4 heteroatoms. The summed E-state index contributed by atoms with van der Waals surface area (Å²) in [5, 5.41) is 8.87. The van der Waals surface area contributed by atoms with E-state index in [0.29, 0.717) is 11.5 Å². The Morgan fingerprint density at radius 1 is 1.36 bits per heavy atom. The molecule has 2 nitrogen and oxygen atoms in total. The standard InChI is InChI=1S/C10H10N2S.ClH/c11-10(13)5-7-6-12-9-4-2-1-3-8(7)9;/h1-4,6,12H,5H2,(H2,11,13);1H. The Balaban J connectivity index is 0.000000980. The van der Waals surface area contributed by atoms with E-state index in [9.17, 15) is 0 Å². The van der Waals surface area contributed by atoms with Crippen LogP contribution in [0.2, 0.25) is 0 Å². The van der Waals surface area contributed by atoms with Gasteiger partial charge in [0, 0.05) is 23.5 Å². The highest BCUT2D eigenvalue weighted by Crippen LogP contribution is 2.18. The summed E-state index contributed by atoms with van der Waals surface area (Å²) in [5.74, 6) is 0. The second-order valence-corrected chi connectivity index (χ2v) is 3.52. The number of thiol groups is 1. The van der Waals surface area contributed by atoms with Gasteiger partial charge in [0.2, 0.25) is 0 Å². The minimum absolute atomic E-state index is 0. The van der Waals surface area contributed by atoms with Crippen molar-refractivity contribution in [1.82, 2.24) is 4.98 Å². The molecule has 0 saturated heterocycles. The van der Waals surface area contributed by atoms with E-state index in [1.807, 2.05) is 24.4 Å². The molecule has 1 aromatic heterocycles. The fourth-order valence-corrected chi connectivity index (χ4v) is 1.63. The smallest absolute Gasteiger partial charge is 0.0655 e. The Hall–Kier alpha value is -0.930. The van der Waals surface area contributed by atoms with Crippen LogP contribution in [0.3, 0.4) is 0 Å². The van der Waals surface area contributed by atoms with E-state index in [0.717, 1.165) is 11.1 Å². The number of hydrogen-bond acceptors (Lipinski definition) is 1. The van der Waals surface area contributed by atoms with Gasteiger partial charge in [-0.2, -0.15) is 0 Å². The first-order chi connectivity index (χ1) is 6.27. The first-order valence-corrected chi connectivity index (χ1v) is 4.53. The zero-order valence-corrected chi connectivity index (χ0v) is 9.16. The third-order valence-electron chi connectivity index (χ3n) is 2.03. The first kappa shape index (κ1) is 11.1. The maximum absolute atomic E-state index is 7.30. The molecule has 0 aliphatic carbocycles. The number of fused-ring (bicyclic) bond motifs is 1. The third kappa shape index (κ3) is 2.11. The lowest BCUT2D eigenvalue weighted by Gasteiger charge is -1.94. The predicted molar refractivity (Wildman–Crippen MR) is 66.0 cm³/mol. The zero-order chi connectivity index (χ0) is 9.26. The van der Waals surface area contributed by atoms with Crippen LogP contribution in [-0.4, -0.2) is 10.0 Å². The van der Waals surface area contributed by atoms with Gasteiger partial charge in [0.25, 0.3) is 0 Å². The Morgan fingerprint density at radius 2 is 2.07 bits per heavy atom. The van der Waals surface area contributed by atoms with Crippen molar-refractivity contribution in [3.8, 4) is 0 Å². The molecule has 2 rings (SSSR count). The molecule has 1 heterocycles. The largest absolute Gasteiger partial charge is 0.361 e. The predicted octanol–water partition coefficient (Wildman–Crippen LogP) is 3.04. The van der Waals surface area contributed by atoms with Gasteiger partial charge in [-0.1, -0.05) is 18.2 Å². The van der Waals surface area contributed by atoms with Crippen molar-refractivity contribution in [2.24, 2.45) is 0 Å². The van der Waals surface area contributed by atoms with Crippen molar-refractivity contribution >= 4 is 41.0 Å². The van der Waals surface area contributed by atoms with Gasteiger partial charge in [-0.15, -0.1) is 25.0 Å². The number of benzene rings is 1. The second-order valence-electron chi connectivity index (χ2n) is 2.98. The number of rotatable bonds is 2. The molecule has 0 atom stereocenters. The normalized spacial score (nSPS) is 9.79. The molecule has 2 N–H and O–H groups in total. The number of hydrogen-bond donors (Lipinski definition) is 3. The van der Waals surface area contributed by atoms with Crippen molar-refractivity contribution in [1.29, 1.82) is 5.41 Å². The monoisotopic (exact) mass is 226 g/mol. The number of nitrogens with one attached hydrogen (secondary N) is 2. The van der Waals surface area contributed by atoms with Gasteiger partial charge in [0.1, 0.15) is 0 Å². The summed E-state index contributed by atoms with van der Waals surface area (Å²) in [4.78, 5) is 3.16. The number of H-pyrrole nitrogens is 1. The molecular formula is C10H11ClN2S. The van der Waals surface area contributed by atoms with Crippen LogP contribution in [0.5, 0.6) is 0 Å². The van der Waals surface area contributed by atoms with Crippen LogP contribution in [0.4, 0.5) is 0 Å². The maximum atomic E-state index is 7.30. The number of halogens is 1. The number of aromatic nitrogens is 1. The average Bonchev–Trinajstić information content (AvgIpc) is 2.48. The highest BCUT2D eigenvalue weighted by molar-refractivity contribution is 7.96. The molecule has 0 amide bonds. The van der Waals surface area contributed by atoms with Gasteiger partial charge in [0.15, 0.2) is 0 Å². The molecule has 0 radical (unpaired) electrons. The Labute approximate surface area is 94.0 Å². The van der Waals surface area contributed by atoms with Crippen molar-refractivity contribution in [2.75, 3.05) is 0 Å². The quantitative estimate of drug-likeness (QED) is 0.400. The summed E-state index contributed by atoms with van der Waals surface area (Å²) < 4.78 is 0. The molecule has 0 fully saturated rings. The molecule has 0 aliphatic rings. The van der Waals surface area contributed by atoms with E-state index in [1.54, 1.807) is 0 Å². The lowest BCUT2D eigenvalue weighted by Crippen LogP contribution is -1.90. The number of aromatic amines is 1. The Morgan fingerprint density at radius 3 is 2.79 bits per heavy atom. The van der Waals surface area contributed by atoms with E-state index in [-0.39, 0.29) is 12.4 Å². The van der Waals surface area contributed by atoms with Crippen LogP contribution in [0.15, 0.2) is 30.5 Å². The van der Waals surface area contributed by atoms with E-state index < -0.39 is 0 Å². The van der Waals surface area contributed by atoms with Crippen LogP contribution in [0.25, 0.3) is 10.9 Å². The summed E-state index contributed by atoms with van der Waals surface area (Å²) in [6, 6.07) is 8.08. The molecule has 74 valence electrons. The summed E-state index contributed by atoms with van der Waals surface area (Å²) in [7, 11) is 0. The van der Waals surface area contributed by atoms with Gasteiger partial charge >= 0.3 is 0 Å². The van der Waals surface area contributed by atoms with Gasteiger partial charge in [-0.25, -0.2) is 0 Å². The highest BCUT2D eigenvalue weighted by atomic mass is 35.5. The molecule has 14 heavy (non-hydrogen) atoms. The summed E-state index contributed by atoms with van der Waals surface area (Å²) in [6.07, 6.45) is 2.54. The van der Waals surface area contributed by atoms with Gasteiger partial charge in [0.05, 0.1) is 5.04 Å². The average molecular weight is 227 g/mol.